The molecule has 3 heterocycles. The van der Waals surface area contributed by atoms with Crippen molar-refractivity contribution in [3.63, 3.8) is 0 Å². The highest BCUT2D eigenvalue weighted by molar-refractivity contribution is 5.65. The summed E-state index contributed by atoms with van der Waals surface area (Å²) in [6, 6.07) is 2.25. The average Bonchev–Trinajstić information content (AvgIpc) is 2.91. The largest absolute Gasteiger partial charge is 0.465 e. The van der Waals surface area contributed by atoms with Crippen molar-refractivity contribution in [1.82, 2.24) is 19.5 Å². The maximum Gasteiger partial charge on any atom is 0.407 e. The number of hydrogen-bond donors (Lipinski definition) is 2. The van der Waals surface area contributed by atoms with Gasteiger partial charge in [-0.2, -0.15) is 9.61 Å². The minimum atomic E-state index is -0.834. The van der Waals surface area contributed by atoms with E-state index in [1.807, 2.05) is 23.7 Å². The molecule has 0 aromatic carbocycles. The van der Waals surface area contributed by atoms with Crippen LogP contribution in [0.4, 0.5) is 10.6 Å². The quantitative estimate of drug-likeness (QED) is 0.909. The van der Waals surface area contributed by atoms with E-state index >= 15 is 0 Å². The Morgan fingerprint density at radius 3 is 2.70 bits per heavy atom. The number of amides is 1. The molecule has 0 atom stereocenters. The second kappa shape index (κ2) is 6.06. The molecule has 0 unspecified atom stereocenters. The third kappa shape index (κ3) is 3.09. The number of nitrogens with one attached hydrogen (secondary N) is 1. The molecule has 2 N–H and O–H groups in total. The van der Waals surface area contributed by atoms with Gasteiger partial charge in [0.05, 0.1) is 6.20 Å². The van der Waals surface area contributed by atoms with Crippen LogP contribution in [0.15, 0.2) is 12.3 Å². The highest BCUT2D eigenvalue weighted by Crippen LogP contribution is 2.23. The van der Waals surface area contributed by atoms with Crippen LogP contribution in [0.5, 0.6) is 0 Å². The number of aryl methyl sites for hydroxylation is 1. The topological polar surface area (TPSA) is 82.8 Å². The lowest BCUT2D eigenvalue weighted by atomic mass is 10.1. The van der Waals surface area contributed by atoms with Crippen molar-refractivity contribution in [3.8, 4) is 0 Å². The van der Waals surface area contributed by atoms with Crippen molar-refractivity contribution in [2.75, 3.05) is 18.4 Å². The van der Waals surface area contributed by atoms with Crippen LogP contribution in [-0.4, -0.2) is 49.8 Å². The number of rotatable bonds is 3. The molecule has 0 spiro atoms. The summed E-state index contributed by atoms with van der Waals surface area (Å²) in [6.45, 7) is 7.38. The zero-order chi connectivity index (χ0) is 16.6. The standard InChI is InChI=1S/C16H23N5O2/c1-10(2)13-9-17-21-14(8-11(3)18-15(13)21)19-12-4-6-20(7-5-12)16(22)23/h8-10,12,19H,4-7H2,1-3H3,(H,22,23). The molecule has 1 saturated heterocycles. The summed E-state index contributed by atoms with van der Waals surface area (Å²) in [7, 11) is 0. The number of carboxylic acid groups (broad SMARTS) is 1. The summed E-state index contributed by atoms with van der Waals surface area (Å²) < 4.78 is 1.85. The van der Waals surface area contributed by atoms with E-state index in [-0.39, 0.29) is 6.04 Å². The molecule has 7 nitrogen and oxygen atoms in total. The SMILES string of the molecule is Cc1cc(NC2CCN(C(=O)O)CC2)n2ncc(C(C)C)c2n1. The molecule has 124 valence electrons. The van der Waals surface area contributed by atoms with E-state index in [0.717, 1.165) is 35.6 Å². The monoisotopic (exact) mass is 317 g/mol. The lowest BCUT2D eigenvalue weighted by molar-refractivity contribution is 0.133. The Labute approximate surface area is 135 Å². The fourth-order valence-corrected chi connectivity index (χ4v) is 3.04. The number of anilines is 1. The zero-order valence-corrected chi connectivity index (χ0v) is 13.8. The number of piperidine rings is 1. The smallest absolute Gasteiger partial charge is 0.407 e. The Morgan fingerprint density at radius 1 is 1.39 bits per heavy atom. The molecular weight excluding hydrogens is 294 g/mol. The van der Waals surface area contributed by atoms with Gasteiger partial charge in [0.25, 0.3) is 0 Å². The molecule has 1 aliphatic rings. The van der Waals surface area contributed by atoms with E-state index < -0.39 is 6.09 Å². The first kappa shape index (κ1) is 15.6. The molecule has 2 aromatic rings. The van der Waals surface area contributed by atoms with Crippen molar-refractivity contribution in [2.24, 2.45) is 0 Å². The predicted octanol–water partition coefficient (Wildman–Crippen LogP) is 2.72. The van der Waals surface area contributed by atoms with E-state index in [9.17, 15) is 4.79 Å². The van der Waals surface area contributed by atoms with E-state index in [2.05, 4.69) is 29.2 Å². The number of fused-ring (bicyclic) bond motifs is 1. The van der Waals surface area contributed by atoms with Crippen LogP contribution < -0.4 is 5.32 Å². The van der Waals surface area contributed by atoms with Crippen LogP contribution in [0.3, 0.4) is 0 Å². The normalized spacial score (nSPS) is 16.3. The number of nitrogens with zero attached hydrogens (tertiary/aromatic N) is 4. The minimum absolute atomic E-state index is 0.252. The van der Waals surface area contributed by atoms with Gasteiger partial charge in [-0.1, -0.05) is 13.8 Å². The molecule has 7 heteroatoms. The van der Waals surface area contributed by atoms with Gasteiger partial charge in [0.2, 0.25) is 0 Å². The van der Waals surface area contributed by atoms with Crippen molar-refractivity contribution >= 4 is 17.6 Å². The Hall–Kier alpha value is -2.31. The maximum atomic E-state index is 11.0. The van der Waals surface area contributed by atoms with Gasteiger partial charge in [-0.3, -0.25) is 0 Å². The van der Waals surface area contributed by atoms with Gasteiger partial charge in [0.15, 0.2) is 5.65 Å². The molecule has 1 fully saturated rings. The summed E-state index contributed by atoms with van der Waals surface area (Å²) in [6.07, 6.45) is 2.64. The van der Waals surface area contributed by atoms with Crippen LogP contribution in [0, 0.1) is 6.92 Å². The van der Waals surface area contributed by atoms with Crippen molar-refractivity contribution in [1.29, 1.82) is 0 Å². The third-order valence-corrected chi connectivity index (χ3v) is 4.37. The van der Waals surface area contributed by atoms with E-state index in [4.69, 9.17) is 5.11 Å². The molecule has 0 aliphatic carbocycles. The Morgan fingerprint density at radius 2 is 2.09 bits per heavy atom. The Bertz CT molecular complexity index is 717. The fourth-order valence-electron chi connectivity index (χ4n) is 3.04. The molecule has 3 rings (SSSR count). The molecule has 0 radical (unpaired) electrons. The first-order valence-electron chi connectivity index (χ1n) is 8.05. The molecule has 1 aliphatic heterocycles. The third-order valence-electron chi connectivity index (χ3n) is 4.37. The molecular formula is C16H23N5O2. The molecule has 0 saturated carbocycles. The number of likely N-dealkylation sites (tertiary alicyclic amines) is 1. The highest BCUT2D eigenvalue weighted by Gasteiger charge is 2.23. The van der Waals surface area contributed by atoms with E-state index in [1.165, 1.54) is 4.90 Å². The average molecular weight is 317 g/mol. The summed E-state index contributed by atoms with van der Waals surface area (Å²) >= 11 is 0. The summed E-state index contributed by atoms with van der Waals surface area (Å²) in [5, 5.41) is 17.0. The van der Waals surface area contributed by atoms with Gasteiger partial charge >= 0.3 is 6.09 Å². The summed E-state index contributed by atoms with van der Waals surface area (Å²) in [5.41, 5.74) is 2.98. The molecule has 0 bridgehead atoms. The molecule has 1 amide bonds. The van der Waals surface area contributed by atoms with Crippen molar-refractivity contribution in [3.05, 3.63) is 23.5 Å². The molecule has 2 aromatic heterocycles. The van der Waals surface area contributed by atoms with Crippen molar-refractivity contribution < 1.29 is 9.90 Å². The number of aromatic nitrogens is 3. The van der Waals surface area contributed by atoms with Crippen LogP contribution in [0.2, 0.25) is 0 Å². The lowest BCUT2D eigenvalue weighted by Gasteiger charge is -2.31. The summed E-state index contributed by atoms with van der Waals surface area (Å²) in [5.74, 6) is 1.29. The minimum Gasteiger partial charge on any atom is -0.465 e. The van der Waals surface area contributed by atoms with E-state index in [0.29, 0.717) is 19.0 Å². The number of hydrogen-bond acceptors (Lipinski definition) is 4. The van der Waals surface area contributed by atoms with E-state index in [1.54, 1.807) is 0 Å². The highest BCUT2D eigenvalue weighted by atomic mass is 16.4. The molecule has 23 heavy (non-hydrogen) atoms. The lowest BCUT2D eigenvalue weighted by Crippen LogP contribution is -2.41. The van der Waals surface area contributed by atoms with Gasteiger partial charge in [-0.25, -0.2) is 9.78 Å². The van der Waals surface area contributed by atoms with Crippen LogP contribution in [-0.2, 0) is 0 Å². The first-order valence-corrected chi connectivity index (χ1v) is 8.05. The Kier molecular flexibility index (Phi) is 4.11. The number of carbonyl (C=O) groups is 1. The van der Waals surface area contributed by atoms with Gasteiger partial charge in [0, 0.05) is 36.5 Å². The van der Waals surface area contributed by atoms with Gasteiger partial charge in [0.1, 0.15) is 5.82 Å². The van der Waals surface area contributed by atoms with Crippen LogP contribution in [0.25, 0.3) is 5.65 Å². The predicted molar refractivity (Wildman–Crippen MR) is 88.1 cm³/mol. The Balaban J connectivity index is 1.82. The van der Waals surface area contributed by atoms with Crippen LogP contribution >= 0.6 is 0 Å². The van der Waals surface area contributed by atoms with Crippen molar-refractivity contribution in [2.45, 2.75) is 45.6 Å². The first-order chi connectivity index (χ1) is 11.0. The van der Waals surface area contributed by atoms with Crippen LogP contribution in [0.1, 0.15) is 43.9 Å². The zero-order valence-electron chi connectivity index (χ0n) is 13.8. The second-order valence-electron chi connectivity index (χ2n) is 6.46. The van der Waals surface area contributed by atoms with Gasteiger partial charge < -0.3 is 15.3 Å². The second-order valence-corrected chi connectivity index (χ2v) is 6.46. The fraction of sp³-hybridized carbons (Fsp3) is 0.562. The summed E-state index contributed by atoms with van der Waals surface area (Å²) in [4.78, 5) is 17.1. The van der Waals surface area contributed by atoms with Gasteiger partial charge in [-0.15, -0.1) is 0 Å². The maximum absolute atomic E-state index is 11.0. The van der Waals surface area contributed by atoms with Gasteiger partial charge in [-0.05, 0) is 25.7 Å².